The highest BCUT2D eigenvalue weighted by molar-refractivity contribution is 5.92. The van der Waals surface area contributed by atoms with E-state index in [9.17, 15) is 19.8 Å². The van der Waals surface area contributed by atoms with Crippen LogP contribution in [0.4, 0.5) is 0 Å². The van der Waals surface area contributed by atoms with E-state index < -0.39 is 11.9 Å². The Balaban J connectivity index is 1.20. The Morgan fingerprint density at radius 3 is 1.07 bits per heavy atom. The van der Waals surface area contributed by atoms with Crippen molar-refractivity contribution in [1.29, 1.82) is 0 Å². The first-order valence-corrected chi connectivity index (χ1v) is 13.8. The number of furan rings is 1. The van der Waals surface area contributed by atoms with Crippen LogP contribution in [0, 0.1) is 0 Å². The van der Waals surface area contributed by atoms with E-state index in [1.54, 1.807) is 48.5 Å². The molecule has 0 atom stereocenters. The molecule has 0 aliphatic heterocycles. The van der Waals surface area contributed by atoms with Crippen molar-refractivity contribution >= 4 is 11.9 Å². The largest absolute Gasteiger partial charge is 0.508 e. The highest BCUT2D eigenvalue weighted by atomic mass is 16.6. The zero-order chi connectivity index (χ0) is 30.8. The topological polar surface area (TPSA) is 106 Å². The minimum atomic E-state index is -0.745. The summed E-state index contributed by atoms with van der Waals surface area (Å²) in [7, 11) is 0. The Kier molecular flexibility index (Phi) is 7.83. The molecule has 5 aromatic rings. The summed E-state index contributed by atoms with van der Waals surface area (Å²) in [6, 6.07) is 31.1. The van der Waals surface area contributed by atoms with Crippen molar-refractivity contribution in [3.05, 3.63) is 143 Å². The predicted octanol–water partition coefficient (Wildman–Crippen LogP) is 7.78. The third-order valence-electron chi connectivity index (χ3n) is 7.76. The summed E-state index contributed by atoms with van der Waals surface area (Å²) in [5.41, 5.74) is 3.37. The standard InChI is InChI=1S/C36H32O7/c1-35(2,23-5-13-27(37)14-6-23)25-9-17-29(18-10-25)41-33(39)31-21-22-32(43-31)34(40)42-30-19-11-26(12-20-30)36(3,4)24-7-15-28(38)16-8-24/h5-22,37-38H,1-4H3. The Labute approximate surface area is 250 Å². The van der Waals surface area contributed by atoms with Crippen LogP contribution in [0.15, 0.2) is 114 Å². The van der Waals surface area contributed by atoms with Crippen LogP contribution in [0.5, 0.6) is 23.0 Å². The second-order valence-electron chi connectivity index (χ2n) is 11.3. The Bertz CT molecular complexity index is 1600. The first-order valence-electron chi connectivity index (χ1n) is 13.8. The molecule has 0 radical (unpaired) electrons. The maximum atomic E-state index is 12.7. The van der Waals surface area contributed by atoms with E-state index in [2.05, 4.69) is 27.7 Å². The summed E-state index contributed by atoms with van der Waals surface area (Å²) in [6.45, 7) is 8.27. The van der Waals surface area contributed by atoms with Crippen molar-refractivity contribution in [3.63, 3.8) is 0 Å². The first kappa shape index (κ1) is 29.2. The SMILES string of the molecule is CC(C)(c1ccc(O)cc1)c1ccc(OC(=O)c2ccc(C(=O)Oc3ccc(C(C)(C)c4ccc(O)cc4)cc3)o2)cc1. The van der Waals surface area contributed by atoms with Crippen molar-refractivity contribution in [2.24, 2.45) is 0 Å². The predicted molar refractivity (Wildman–Crippen MR) is 162 cm³/mol. The number of phenolic OH excluding ortho intramolecular Hbond substituents is 2. The lowest BCUT2D eigenvalue weighted by Gasteiger charge is -2.26. The third-order valence-corrected chi connectivity index (χ3v) is 7.76. The van der Waals surface area contributed by atoms with Gasteiger partial charge in [0.15, 0.2) is 0 Å². The molecule has 0 aliphatic rings. The lowest BCUT2D eigenvalue weighted by Crippen LogP contribution is -2.18. The quantitative estimate of drug-likeness (QED) is 0.143. The Morgan fingerprint density at radius 2 is 0.767 bits per heavy atom. The van der Waals surface area contributed by atoms with Crippen LogP contribution in [0.3, 0.4) is 0 Å². The fourth-order valence-corrected chi connectivity index (χ4v) is 4.84. The zero-order valence-corrected chi connectivity index (χ0v) is 24.3. The van der Waals surface area contributed by atoms with Crippen molar-refractivity contribution in [3.8, 4) is 23.0 Å². The van der Waals surface area contributed by atoms with Gasteiger partial charge in [-0.3, -0.25) is 0 Å². The normalized spacial score (nSPS) is 11.6. The molecule has 5 rings (SSSR count). The van der Waals surface area contributed by atoms with Gasteiger partial charge in [0.2, 0.25) is 11.5 Å². The lowest BCUT2D eigenvalue weighted by molar-refractivity contribution is 0.0670. The van der Waals surface area contributed by atoms with Gasteiger partial charge in [0.1, 0.15) is 23.0 Å². The molecule has 0 unspecified atom stereocenters. The minimum absolute atomic E-state index is 0.133. The molecule has 2 N–H and O–H groups in total. The van der Waals surface area contributed by atoms with Crippen LogP contribution in [-0.4, -0.2) is 22.2 Å². The molecule has 7 nitrogen and oxygen atoms in total. The molecule has 0 aliphatic carbocycles. The number of carbonyl (C=O) groups is 2. The Hall–Kier alpha value is -5.30. The van der Waals surface area contributed by atoms with Gasteiger partial charge < -0.3 is 24.1 Å². The number of benzene rings is 4. The zero-order valence-electron chi connectivity index (χ0n) is 24.3. The van der Waals surface area contributed by atoms with Gasteiger partial charge >= 0.3 is 11.9 Å². The van der Waals surface area contributed by atoms with Gasteiger partial charge in [-0.15, -0.1) is 0 Å². The molecule has 1 aromatic heterocycles. The van der Waals surface area contributed by atoms with E-state index in [0.717, 1.165) is 22.3 Å². The van der Waals surface area contributed by atoms with Gasteiger partial charge in [-0.05, 0) is 82.9 Å². The molecule has 0 amide bonds. The molecule has 4 aromatic carbocycles. The number of ether oxygens (including phenoxy) is 2. The number of hydrogen-bond acceptors (Lipinski definition) is 7. The summed E-state index contributed by atoms with van der Waals surface area (Å²) in [6.07, 6.45) is 0. The molecule has 218 valence electrons. The summed E-state index contributed by atoms with van der Waals surface area (Å²) >= 11 is 0. The molecule has 0 spiro atoms. The van der Waals surface area contributed by atoms with E-state index in [0.29, 0.717) is 11.5 Å². The van der Waals surface area contributed by atoms with Crippen LogP contribution in [0.1, 0.15) is 71.1 Å². The number of aromatic hydroxyl groups is 2. The monoisotopic (exact) mass is 576 g/mol. The highest BCUT2D eigenvalue weighted by Gasteiger charge is 2.25. The van der Waals surface area contributed by atoms with Crippen LogP contribution >= 0.6 is 0 Å². The van der Waals surface area contributed by atoms with E-state index in [1.807, 2.05) is 48.5 Å². The van der Waals surface area contributed by atoms with Crippen LogP contribution in [-0.2, 0) is 10.8 Å². The van der Waals surface area contributed by atoms with Crippen LogP contribution in [0.25, 0.3) is 0 Å². The fourth-order valence-electron chi connectivity index (χ4n) is 4.84. The average molecular weight is 577 g/mol. The molecular formula is C36H32O7. The van der Waals surface area contributed by atoms with Gasteiger partial charge in [0.05, 0.1) is 0 Å². The molecule has 43 heavy (non-hydrogen) atoms. The average Bonchev–Trinajstić information content (AvgIpc) is 3.49. The Morgan fingerprint density at radius 1 is 0.488 bits per heavy atom. The molecular weight excluding hydrogens is 544 g/mol. The maximum absolute atomic E-state index is 12.7. The van der Waals surface area contributed by atoms with Gasteiger partial charge in [-0.25, -0.2) is 9.59 Å². The fraction of sp³-hybridized carbons (Fsp3) is 0.167. The maximum Gasteiger partial charge on any atom is 0.379 e. The van der Waals surface area contributed by atoms with Gasteiger partial charge in [-0.1, -0.05) is 76.2 Å². The number of carbonyl (C=O) groups excluding carboxylic acids is 2. The smallest absolute Gasteiger partial charge is 0.379 e. The summed E-state index contributed by atoms with van der Waals surface area (Å²) in [5.74, 6) is -0.694. The van der Waals surface area contributed by atoms with Gasteiger partial charge in [0.25, 0.3) is 0 Å². The minimum Gasteiger partial charge on any atom is -0.508 e. The van der Waals surface area contributed by atoms with Crippen molar-refractivity contribution in [2.45, 2.75) is 38.5 Å². The summed E-state index contributed by atoms with van der Waals surface area (Å²) in [5, 5.41) is 19.2. The van der Waals surface area contributed by atoms with Crippen molar-refractivity contribution in [1.82, 2.24) is 0 Å². The van der Waals surface area contributed by atoms with E-state index >= 15 is 0 Å². The summed E-state index contributed by atoms with van der Waals surface area (Å²) < 4.78 is 16.4. The number of hydrogen-bond donors (Lipinski definition) is 2. The van der Waals surface area contributed by atoms with Crippen molar-refractivity contribution < 1.29 is 33.7 Å². The highest BCUT2D eigenvalue weighted by Crippen LogP contribution is 2.34. The first-order chi connectivity index (χ1) is 20.4. The molecule has 0 fully saturated rings. The van der Waals surface area contributed by atoms with E-state index in [-0.39, 0.29) is 33.8 Å². The second kappa shape index (κ2) is 11.5. The number of esters is 2. The number of rotatable bonds is 8. The molecule has 0 saturated carbocycles. The molecule has 7 heteroatoms. The molecule has 0 bridgehead atoms. The van der Waals surface area contributed by atoms with Gasteiger partial charge in [0, 0.05) is 10.8 Å². The lowest BCUT2D eigenvalue weighted by atomic mass is 9.78. The van der Waals surface area contributed by atoms with Crippen LogP contribution in [0.2, 0.25) is 0 Å². The number of phenols is 2. The van der Waals surface area contributed by atoms with E-state index in [1.165, 1.54) is 12.1 Å². The molecule has 0 saturated heterocycles. The van der Waals surface area contributed by atoms with Gasteiger partial charge in [-0.2, -0.15) is 0 Å². The second-order valence-corrected chi connectivity index (χ2v) is 11.3. The van der Waals surface area contributed by atoms with Crippen molar-refractivity contribution in [2.75, 3.05) is 0 Å². The molecule has 1 heterocycles. The third kappa shape index (κ3) is 6.31. The van der Waals surface area contributed by atoms with E-state index in [4.69, 9.17) is 13.9 Å². The summed E-state index contributed by atoms with van der Waals surface area (Å²) in [4.78, 5) is 25.4. The van der Waals surface area contributed by atoms with Crippen LogP contribution < -0.4 is 9.47 Å².